The standard InChI is InChI=1S/C11H14N6O2/c1-7-10(17(18)19)11(16(3)15-7)14-8-4-5-9(12-2)13-6-8/h4-6,14H,1-3H3,(H,12,13). The van der Waals surface area contributed by atoms with Crippen LogP contribution in [0.2, 0.25) is 0 Å². The summed E-state index contributed by atoms with van der Waals surface area (Å²) in [6.45, 7) is 1.60. The maximum absolute atomic E-state index is 11.0. The van der Waals surface area contributed by atoms with Crippen molar-refractivity contribution >= 4 is 23.0 Å². The first-order valence-electron chi connectivity index (χ1n) is 5.61. The van der Waals surface area contributed by atoms with Gasteiger partial charge in [-0.2, -0.15) is 5.10 Å². The molecule has 8 heteroatoms. The third-order valence-electron chi connectivity index (χ3n) is 2.66. The van der Waals surface area contributed by atoms with E-state index in [-0.39, 0.29) is 5.69 Å². The Kier molecular flexibility index (Phi) is 3.32. The van der Waals surface area contributed by atoms with Gasteiger partial charge in [0.1, 0.15) is 11.5 Å². The summed E-state index contributed by atoms with van der Waals surface area (Å²) in [5, 5.41) is 20.9. The van der Waals surface area contributed by atoms with E-state index in [1.807, 2.05) is 0 Å². The molecule has 0 aliphatic carbocycles. The van der Waals surface area contributed by atoms with Crippen LogP contribution in [0.5, 0.6) is 0 Å². The van der Waals surface area contributed by atoms with Crippen LogP contribution in [0.4, 0.5) is 23.0 Å². The van der Waals surface area contributed by atoms with E-state index in [4.69, 9.17) is 0 Å². The number of hydrogen-bond donors (Lipinski definition) is 2. The zero-order valence-corrected chi connectivity index (χ0v) is 10.8. The Bertz CT molecular complexity index is 604. The quantitative estimate of drug-likeness (QED) is 0.644. The third-order valence-corrected chi connectivity index (χ3v) is 2.66. The molecule has 2 aromatic heterocycles. The lowest BCUT2D eigenvalue weighted by atomic mass is 10.3. The van der Waals surface area contributed by atoms with Crippen LogP contribution in [0.3, 0.4) is 0 Å². The molecule has 0 aromatic carbocycles. The Hall–Kier alpha value is -2.64. The van der Waals surface area contributed by atoms with Crippen LogP contribution in [0.25, 0.3) is 0 Å². The second kappa shape index (κ2) is 4.92. The lowest BCUT2D eigenvalue weighted by molar-refractivity contribution is -0.384. The molecule has 0 spiro atoms. The Balaban J connectivity index is 2.34. The van der Waals surface area contributed by atoms with Gasteiger partial charge < -0.3 is 10.6 Å². The van der Waals surface area contributed by atoms with Gasteiger partial charge in [-0.15, -0.1) is 0 Å². The van der Waals surface area contributed by atoms with Crippen LogP contribution in [0.1, 0.15) is 5.69 Å². The maximum Gasteiger partial charge on any atom is 0.334 e. The van der Waals surface area contributed by atoms with E-state index in [1.165, 1.54) is 4.68 Å². The Morgan fingerprint density at radius 1 is 1.42 bits per heavy atom. The second-order valence-corrected chi connectivity index (χ2v) is 3.97. The number of nitro groups is 1. The number of anilines is 3. The highest BCUT2D eigenvalue weighted by Crippen LogP contribution is 2.29. The molecular formula is C11H14N6O2. The van der Waals surface area contributed by atoms with Crippen LogP contribution < -0.4 is 10.6 Å². The summed E-state index contributed by atoms with van der Waals surface area (Å²) in [7, 11) is 3.42. The molecule has 0 amide bonds. The van der Waals surface area contributed by atoms with Crippen molar-refractivity contribution in [2.24, 2.45) is 7.05 Å². The fourth-order valence-electron chi connectivity index (χ4n) is 1.76. The van der Waals surface area contributed by atoms with Crippen LogP contribution in [0.15, 0.2) is 18.3 Å². The highest BCUT2D eigenvalue weighted by molar-refractivity contribution is 5.67. The number of hydrogen-bond acceptors (Lipinski definition) is 6. The van der Waals surface area contributed by atoms with Crippen LogP contribution in [0, 0.1) is 17.0 Å². The molecule has 0 aliphatic heterocycles. The van der Waals surface area contributed by atoms with E-state index in [0.717, 1.165) is 5.82 Å². The maximum atomic E-state index is 11.0. The first-order valence-corrected chi connectivity index (χ1v) is 5.61. The molecule has 0 atom stereocenters. The van der Waals surface area contributed by atoms with Crippen LogP contribution in [-0.2, 0) is 7.05 Å². The summed E-state index contributed by atoms with van der Waals surface area (Å²) < 4.78 is 1.44. The molecule has 0 fully saturated rings. The largest absolute Gasteiger partial charge is 0.373 e. The van der Waals surface area contributed by atoms with Crippen molar-refractivity contribution in [1.29, 1.82) is 0 Å². The molecule has 0 saturated heterocycles. The van der Waals surface area contributed by atoms with Crippen molar-refractivity contribution in [2.45, 2.75) is 6.92 Å². The first-order chi connectivity index (χ1) is 9.02. The van der Waals surface area contributed by atoms with Gasteiger partial charge in [-0.05, 0) is 19.1 Å². The predicted octanol–water partition coefficient (Wildman–Crippen LogP) is 1.82. The van der Waals surface area contributed by atoms with Crippen LogP contribution in [-0.4, -0.2) is 26.7 Å². The summed E-state index contributed by atoms with van der Waals surface area (Å²) in [4.78, 5) is 14.7. The molecule has 0 radical (unpaired) electrons. The van der Waals surface area contributed by atoms with Crippen molar-refractivity contribution in [3.8, 4) is 0 Å². The molecule has 2 aromatic rings. The number of nitrogens with one attached hydrogen (secondary N) is 2. The monoisotopic (exact) mass is 262 g/mol. The number of pyridine rings is 1. The average molecular weight is 262 g/mol. The smallest absolute Gasteiger partial charge is 0.334 e. The fraction of sp³-hybridized carbons (Fsp3) is 0.273. The molecule has 2 heterocycles. The van der Waals surface area contributed by atoms with E-state index in [9.17, 15) is 10.1 Å². The van der Waals surface area contributed by atoms with Gasteiger partial charge in [0, 0.05) is 14.1 Å². The minimum Gasteiger partial charge on any atom is -0.373 e. The Morgan fingerprint density at radius 3 is 2.68 bits per heavy atom. The fourth-order valence-corrected chi connectivity index (χ4v) is 1.76. The number of nitrogens with zero attached hydrogens (tertiary/aromatic N) is 4. The first kappa shape index (κ1) is 12.8. The molecule has 0 aliphatic rings. The summed E-state index contributed by atoms with van der Waals surface area (Å²) in [6, 6.07) is 3.56. The molecule has 0 bridgehead atoms. The van der Waals surface area contributed by atoms with E-state index in [1.54, 1.807) is 39.3 Å². The van der Waals surface area contributed by atoms with Gasteiger partial charge in [-0.1, -0.05) is 0 Å². The summed E-state index contributed by atoms with van der Waals surface area (Å²) >= 11 is 0. The zero-order chi connectivity index (χ0) is 14.0. The lowest BCUT2D eigenvalue weighted by Gasteiger charge is -2.06. The van der Waals surface area contributed by atoms with Gasteiger partial charge >= 0.3 is 5.69 Å². The number of aromatic nitrogens is 3. The van der Waals surface area contributed by atoms with E-state index < -0.39 is 4.92 Å². The molecule has 100 valence electrons. The third kappa shape index (κ3) is 2.46. The predicted molar refractivity (Wildman–Crippen MR) is 71.7 cm³/mol. The molecule has 0 unspecified atom stereocenters. The minimum atomic E-state index is -0.444. The van der Waals surface area contributed by atoms with E-state index in [2.05, 4.69) is 20.7 Å². The van der Waals surface area contributed by atoms with Gasteiger partial charge in [0.25, 0.3) is 0 Å². The summed E-state index contributed by atoms with van der Waals surface area (Å²) in [5.41, 5.74) is 1.00. The van der Waals surface area contributed by atoms with Crippen molar-refractivity contribution < 1.29 is 4.92 Å². The van der Waals surface area contributed by atoms with Crippen molar-refractivity contribution in [3.63, 3.8) is 0 Å². The van der Waals surface area contributed by atoms with Crippen molar-refractivity contribution in [2.75, 3.05) is 17.7 Å². The molecule has 0 saturated carbocycles. The van der Waals surface area contributed by atoms with Crippen molar-refractivity contribution in [1.82, 2.24) is 14.8 Å². The lowest BCUT2D eigenvalue weighted by Crippen LogP contribution is -2.02. The highest BCUT2D eigenvalue weighted by atomic mass is 16.6. The normalized spacial score (nSPS) is 10.3. The Morgan fingerprint density at radius 2 is 2.16 bits per heavy atom. The van der Waals surface area contributed by atoms with Gasteiger partial charge in [0.05, 0.1) is 16.8 Å². The van der Waals surface area contributed by atoms with Crippen molar-refractivity contribution in [3.05, 3.63) is 34.1 Å². The minimum absolute atomic E-state index is 0.0276. The van der Waals surface area contributed by atoms with E-state index in [0.29, 0.717) is 17.2 Å². The van der Waals surface area contributed by atoms with Gasteiger partial charge in [0.2, 0.25) is 5.82 Å². The molecular weight excluding hydrogens is 248 g/mol. The SMILES string of the molecule is CNc1ccc(Nc2c([N+](=O)[O-])c(C)nn2C)cn1. The van der Waals surface area contributed by atoms with Crippen LogP contribution >= 0.6 is 0 Å². The van der Waals surface area contributed by atoms with Gasteiger partial charge in [-0.25, -0.2) is 9.67 Å². The second-order valence-electron chi connectivity index (χ2n) is 3.97. The molecule has 19 heavy (non-hydrogen) atoms. The number of aryl methyl sites for hydroxylation is 2. The summed E-state index contributed by atoms with van der Waals surface area (Å²) in [6.07, 6.45) is 1.60. The average Bonchev–Trinajstić information content (AvgIpc) is 2.65. The van der Waals surface area contributed by atoms with Gasteiger partial charge in [0.15, 0.2) is 0 Å². The molecule has 2 N–H and O–H groups in total. The van der Waals surface area contributed by atoms with E-state index >= 15 is 0 Å². The summed E-state index contributed by atoms with van der Waals surface area (Å²) in [5.74, 6) is 1.06. The Labute approximate surface area is 109 Å². The van der Waals surface area contributed by atoms with Gasteiger partial charge in [-0.3, -0.25) is 10.1 Å². The molecule has 2 rings (SSSR count). The molecule has 8 nitrogen and oxygen atoms in total. The highest BCUT2D eigenvalue weighted by Gasteiger charge is 2.23. The number of rotatable bonds is 4. The topological polar surface area (TPSA) is 97.9 Å². The zero-order valence-electron chi connectivity index (χ0n) is 10.8.